The lowest BCUT2D eigenvalue weighted by atomic mass is 10.0. The van der Waals surface area contributed by atoms with E-state index in [1.807, 2.05) is 66.7 Å². The Labute approximate surface area is 384 Å². The third-order valence-corrected chi connectivity index (χ3v) is 13.1. The van der Waals surface area contributed by atoms with E-state index in [9.17, 15) is 0 Å². The van der Waals surface area contributed by atoms with E-state index in [4.69, 9.17) is 28.8 Å². The van der Waals surface area contributed by atoms with Gasteiger partial charge in [-0.3, -0.25) is 9.13 Å². The molecule has 15 rings (SSSR count). The largest absolute Gasteiger partial charge is 0.456 e. The highest BCUT2D eigenvalue weighted by Crippen LogP contribution is 2.42. The van der Waals surface area contributed by atoms with Crippen molar-refractivity contribution in [2.45, 2.75) is 0 Å². The second kappa shape index (κ2) is 13.9. The quantitative estimate of drug-likeness (QED) is 0.166. The Morgan fingerprint density at radius 1 is 0.338 bits per heavy atom. The Morgan fingerprint density at radius 3 is 1.53 bits per heavy atom. The minimum Gasteiger partial charge on any atom is -0.456 e. The maximum absolute atomic E-state index is 6.28. The molecule has 15 aromatic rings. The van der Waals surface area contributed by atoms with Crippen LogP contribution in [0.3, 0.4) is 0 Å². The minimum atomic E-state index is 0.456. The van der Waals surface area contributed by atoms with E-state index in [1.54, 1.807) is 18.6 Å². The van der Waals surface area contributed by atoms with Gasteiger partial charge in [-0.2, -0.15) is 0 Å². The number of fused-ring (bicyclic) bond motifs is 14. The molecule has 316 valence electrons. The number of aromatic nitrogens is 9. The average Bonchev–Trinajstić information content (AvgIpc) is 4.16. The van der Waals surface area contributed by atoms with Crippen molar-refractivity contribution in [1.82, 2.24) is 44.0 Å². The maximum atomic E-state index is 6.28. The second-order valence-corrected chi connectivity index (χ2v) is 17.0. The molecule has 0 bridgehead atoms. The van der Waals surface area contributed by atoms with Gasteiger partial charge in [0.05, 0.1) is 45.3 Å². The number of pyridine rings is 1. The van der Waals surface area contributed by atoms with E-state index in [1.165, 1.54) is 0 Å². The fourth-order valence-corrected chi connectivity index (χ4v) is 10.1. The van der Waals surface area contributed by atoms with Crippen molar-refractivity contribution in [2.75, 3.05) is 0 Å². The highest BCUT2D eigenvalue weighted by molar-refractivity contribution is 6.23. The molecule has 0 unspecified atom stereocenters. The first-order chi connectivity index (χ1) is 33.7. The molecule has 0 aliphatic carbocycles. The fraction of sp³-hybridized carbons (Fsp3) is 0. The van der Waals surface area contributed by atoms with Crippen LogP contribution >= 0.6 is 0 Å². The first kappa shape index (κ1) is 36.7. The first-order valence-electron chi connectivity index (χ1n) is 22.3. The number of benzene rings is 7. The van der Waals surface area contributed by atoms with Crippen molar-refractivity contribution in [3.63, 3.8) is 0 Å². The van der Waals surface area contributed by atoms with Gasteiger partial charge < -0.3 is 8.83 Å². The van der Waals surface area contributed by atoms with Crippen molar-refractivity contribution in [3.8, 4) is 45.7 Å². The standard InChI is InChI=1S/C57H31N9O2/c1-5-15-46-34(10-1)38-22-23-39-35-11-2-6-16-47(35)66(54(39)53(38)65(46)52-19-9-14-42(61-52)45-31-60-55-56(62-45)59-27-26-58-55)57-63-43(32-20-24-50-40(28-32)36-12-3-7-17-48(36)67-50)30-44(64-57)33-21-25-51-41(29-33)37-13-4-8-18-49(37)68-51/h1-31H. The van der Waals surface area contributed by atoms with Crippen LogP contribution < -0.4 is 0 Å². The molecule has 8 aromatic heterocycles. The molecule has 7 aromatic carbocycles. The molecule has 0 amide bonds. The van der Waals surface area contributed by atoms with Gasteiger partial charge in [0.15, 0.2) is 11.3 Å². The lowest BCUT2D eigenvalue weighted by molar-refractivity contribution is 0.668. The van der Waals surface area contributed by atoms with Gasteiger partial charge in [-0.15, -0.1) is 0 Å². The molecule has 8 heterocycles. The number of rotatable bonds is 5. The normalized spacial score (nSPS) is 12.1. The second-order valence-electron chi connectivity index (χ2n) is 17.0. The van der Waals surface area contributed by atoms with Gasteiger partial charge in [0, 0.05) is 66.6 Å². The lowest BCUT2D eigenvalue weighted by Crippen LogP contribution is -2.06. The summed E-state index contributed by atoms with van der Waals surface area (Å²) in [5.41, 5.74) is 12.8. The van der Waals surface area contributed by atoms with Crippen LogP contribution in [0.2, 0.25) is 0 Å². The molecule has 0 fully saturated rings. The van der Waals surface area contributed by atoms with Gasteiger partial charge in [-0.25, -0.2) is 34.9 Å². The Hall–Kier alpha value is -9.61. The van der Waals surface area contributed by atoms with E-state index in [-0.39, 0.29) is 0 Å². The zero-order chi connectivity index (χ0) is 44.5. The number of hydrogen-bond acceptors (Lipinski definition) is 9. The van der Waals surface area contributed by atoms with E-state index in [0.717, 1.165) is 116 Å². The molecule has 0 N–H and O–H groups in total. The first-order valence-corrected chi connectivity index (χ1v) is 22.3. The fourth-order valence-electron chi connectivity index (χ4n) is 10.1. The van der Waals surface area contributed by atoms with Crippen molar-refractivity contribution in [2.24, 2.45) is 0 Å². The van der Waals surface area contributed by atoms with Crippen LogP contribution in [-0.4, -0.2) is 44.0 Å². The van der Waals surface area contributed by atoms with E-state index in [0.29, 0.717) is 28.6 Å². The third-order valence-electron chi connectivity index (χ3n) is 13.1. The van der Waals surface area contributed by atoms with Gasteiger partial charge in [0.1, 0.15) is 33.8 Å². The summed E-state index contributed by atoms with van der Waals surface area (Å²) in [5, 5.41) is 8.42. The Balaban J connectivity index is 1.03. The predicted molar refractivity (Wildman–Crippen MR) is 268 cm³/mol. The summed E-state index contributed by atoms with van der Waals surface area (Å²) in [5.74, 6) is 1.24. The van der Waals surface area contributed by atoms with Gasteiger partial charge in [0.25, 0.3) is 0 Å². The molecule has 11 heteroatoms. The maximum Gasteiger partial charge on any atom is 0.235 e. The van der Waals surface area contributed by atoms with E-state index < -0.39 is 0 Å². The number of para-hydroxylation sites is 4. The SMILES string of the molecule is c1cc(-c2cnc3nccnc3n2)nc(-n2c3ccccc3c3ccc4c5ccccc5n(-c5nc(-c6ccc7oc8ccccc8c7c6)cc(-c6ccc7oc8ccccc8c7c6)n5)c4c32)c1. The van der Waals surface area contributed by atoms with E-state index in [2.05, 4.69) is 127 Å². The molecule has 0 atom stereocenters. The molecule has 0 spiro atoms. The lowest BCUT2D eigenvalue weighted by Gasteiger charge is -2.14. The van der Waals surface area contributed by atoms with Gasteiger partial charge in [-0.1, -0.05) is 91.0 Å². The van der Waals surface area contributed by atoms with Gasteiger partial charge >= 0.3 is 0 Å². The molecule has 0 aliphatic heterocycles. The minimum absolute atomic E-state index is 0.456. The number of hydrogen-bond donors (Lipinski definition) is 0. The van der Waals surface area contributed by atoms with Crippen LogP contribution in [0.4, 0.5) is 0 Å². The third kappa shape index (κ3) is 5.38. The monoisotopic (exact) mass is 873 g/mol. The molecule has 0 saturated carbocycles. The summed E-state index contributed by atoms with van der Waals surface area (Å²) in [7, 11) is 0. The Bertz CT molecular complexity index is 4470. The molecular formula is C57H31N9O2. The van der Waals surface area contributed by atoms with Crippen molar-refractivity contribution >= 4 is 98.8 Å². The molecular weight excluding hydrogens is 843 g/mol. The summed E-state index contributed by atoms with van der Waals surface area (Å²) < 4.78 is 17.0. The summed E-state index contributed by atoms with van der Waals surface area (Å²) in [6.07, 6.45) is 4.94. The van der Waals surface area contributed by atoms with Crippen LogP contribution in [0.5, 0.6) is 0 Å². The zero-order valence-electron chi connectivity index (χ0n) is 35.7. The summed E-state index contributed by atoms with van der Waals surface area (Å²) in [4.78, 5) is 34.5. The summed E-state index contributed by atoms with van der Waals surface area (Å²) in [6, 6.07) is 58.4. The van der Waals surface area contributed by atoms with Crippen molar-refractivity contribution in [1.29, 1.82) is 0 Å². The predicted octanol–water partition coefficient (Wildman–Crippen LogP) is 13.6. The molecule has 0 radical (unpaired) electrons. The van der Waals surface area contributed by atoms with Crippen LogP contribution in [0.25, 0.3) is 144 Å². The number of nitrogens with zero attached hydrogens (tertiary/aromatic N) is 9. The van der Waals surface area contributed by atoms with Gasteiger partial charge in [0.2, 0.25) is 5.95 Å². The number of furan rings is 2. The van der Waals surface area contributed by atoms with Crippen LogP contribution in [0.15, 0.2) is 197 Å². The topological polar surface area (TPSA) is 126 Å². The van der Waals surface area contributed by atoms with E-state index >= 15 is 0 Å². The smallest absolute Gasteiger partial charge is 0.235 e. The molecule has 0 saturated heterocycles. The molecule has 0 aliphatic rings. The summed E-state index contributed by atoms with van der Waals surface area (Å²) >= 11 is 0. The van der Waals surface area contributed by atoms with Crippen LogP contribution in [-0.2, 0) is 0 Å². The Kier molecular flexibility index (Phi) is 7.53. The van der Waals surface area contributed by atoms with Gasteiger partial charge in [-0.05, 0) is 78.9 Å². The van der Waals surface area contributed by atoms with Crippen LogP contribution in [0.1, 0.15) is 0 Å². The van der Waals surface area contributed by atoms with Crippen molar-refractivity contribution < 1.29 is 8.83 Å². The molecule has 11 nitrogen and oxygen atoms in total. The highest BCUT2D eigenvalue weighted by Gasteiger charge is 2.24. The van der Waals surface area contributed by atoms with Crippen molar-refractivity contribution in [3.05, 3.63) is 188 Å². The molecule has 68 heavy (non-hydrogen) atoms. The summed E-state index contributed by atoms with van der Waals surface area (Å²) in [6.45, 7) is 0. The Morgan fingerprint density at radius 2 is 0.882 bits per heavy atom. The highest BCUT2D eigenvalue weighted by atomic mass is 16.3. The van der Waals surface area contributed by atoms with Crippen LogP contribution in [0, 0.1) is 0 Å². The average molecular weight is 874 g/mol. The zero-order valence-corrected chi connectivity index (χ0v) is 35.7.